The first-order valence-electron chi connectivity index (χ1n) is 4.41. The van der Waals surface area contributed by atoms with Gasteiger partial charge in [-0.1, -0.05) is 42.7 Å². The maximum atomic E-state index is 6.15. The van der Waals surface area contributed by atoms with E-state index in [2.05, 4.69) is 19.9 Å². The highest BCUT2D eigenvalue weighted by Crippen LogP contribution is 2.34. The van der Waals surface area contributed by atoms with Gasteiger partial charge in [0.2, 0.25) is 0 Å². The molecule has 1 aliphatic rings. The van der Waals surface area contributed by atoms with Crippen LogP contribution in [-0.2, 0) is 0 Å². The van der Waals surface area contributed by atoms with Gasteiger partial charge in [0.05, 0.1) is 5.38 Å². The van der Waals surface area contributed by atoms with Crippen LogP contribution in [-0.4, -0.2) is 5.38 Å². The third kappa shape index (κ3) is 1.86. The molecule has 2 heteroatoms. The fraction of sp³-hybridized carbons (Fsp3) is 0.600. The van der Waals surface area contributed by atoms with Crippen molar-refractivity contribution in [1.29, 1.82) is 0 Å². The van der Waals surface area contributed by atoms with Crippen molar-refractivity contribution in [1.82, 2.24) is 0 Å². The molecular formula is C10H14Cl2. The molecule has 0 saturated heterocycles. The molecular weight excluding hydrogens is 191 g/mol. The van der Waals surface area contributed by atoms with Crippen molar-refractivity contribution < 1.29 is 0 Å². The minimum absolute atomic E-state index is 0.0552. The van der Waals surface area contributed by atoms with E-state index in [1.807, 2.05) is 0 Å². The maximum absolute atomic E-state index is 6.15. The quantitative estimate of drug-likeness (QED) is 0.467. The van der Waals surface area contributed by atoms with Gasteiger partial charge in [-0.2, -0.15) is 0 Å². The smallest absolute Gasteiger partial charge is 0.0901 e. The molecule has 0 aromatic rings. The third-order valence-corrected chi connectivity index (χ3v) is 3.43. The average molecular weight is 205 g/mol. The van der Waals surface area contributed by atoms with E-state index >= 15 is 0 Å². The second kappa shape index (κ2) is 4.34. The molecule has 1 atom stereocenters. The molecule has 0 spiro atoms. The zero-order valence-corrected chi connectivity index (χ0v) is 9.04. The lowest BCUT2D eigenvalue weighted by molar-refractivity contribution is 0.911. The van der Waals surface area contributed by atoms with Crippen molar-refractivity contribution in [3.05, 3.63) is 22.3 Å². The molecule has 0 aromatic carbocycles. The molecule has 12 heavy (non-hydrogen) atoms. The lowest BCUT2D eigenvalue weighted by Crippen LogP contribution is -2.09. The number of hydrogen-bond acceptors (Lipinski definition) is 0. The van der Waals surface area contributed by atoms with E-state index in [-0.39, 0.29) is 5.38 Å². The van der Waals surface area contributed by atoms with Gasteiger partial charge >= 0.3 is 0 Å². The summed E-state index contributed by atoms with van der Waals surface area (Å²) in [5.41, 5.74) is 2.55. The summed E-state index contributed by atoms with van der Waals surface area (Å²) in [6.45, 7) is 4.23. The zero-order valence-electron chi connectivity index (χ0n) is 7.53. The molecule has 1 unspecified atom stereocenters. The summed E-state index contributed by atoms with van der Waals surface area (Å²) in [7, 11) is 0. The molecule has 0 saturated carbocycles. The lowest BCUT2D eigenvalue weighted by Gasteiger charge is -2.20. The first-order chi connectivity index (χ1) is 5.70. The Kier molecular flexibility index (Phi) is 3.67. The highest BCUT2D eigenvalue weighted by atomic mass is 35.5. The highest BCUT2D eigenvalue weighted by molar-refractivity contribution is 6.38. The first kappa shape index (κ1) is 10.1. The molecule has 0 radical (unpaired) electrons. The van der Waals surface area contributed by atoms with Gasteiger partial charge in [-0.3, -0.25) is 0 Å². The molecule has 68 valence electrons. The standard InChI is InChI=1S/C10H14Cl2/c1-3-7-5-6-8(4-2)10(12)9(7)11/h5,9H,3-4,6H2,1-2H3. The summed E-state index contributed by atoms with van der Waals surface area (Å²) in [4.78, 5) is 0. The summed E-state index contributed by atoms with van der Waals surface area (Å²) >= 11 is 12.3. The average Bonchev–Trinajstić information content (AvgIpc) is 2.10. The second-order valence-electron chi connectivity index (χ2n) is 3.00. The van der Waals surface area contributed by atoms with E-state index in [0.29, 0.717) is 0 Å². The molecule has 0 N–H and O–H groups in total. The van der Waals surface area contributed by atoms with Crippen LogP contribution in [0, 0.1) is 0 Å². The molecule has 0 aliphatic heterocycles. The molecule has 1 aliphatic carbocycles. The minimum atomic E-state index is -0.0552. The van der Waals surface area contributed by atoms with Crippen LogP contribution in [0.25, 0.3) is 0 Å². The Morgan fingerprint density at radius 2 is 2.08 bits per heavy atom. The zero-order chi connectivity index (χ0) is 9.14. The summed E-state index contributed by atoms with van der Waals surface area (Å²) in [6.07, 6.45) is 5.21. The first-order valence-corrected chi connectivity index (χ1v) is 5.22. The largest absolute Gasteiger partial charge is 0.112 e. The molecule has 0 aromatic heterocycles. The molecule has 0 nitrogen and oxygen atoms in total. The normalized spacial score (nSPS) is 24.3. The molecule has 1 rings (SSSR count). The molecule has 0 heterocycles. The van der Waals surface area contributed by atoms with Gasteiger partial charge in [0.1, 0.15) is 0 Å². The third-order valence-electron chi connectivity index (χ3n) is 2.33. The van der Waals surface area contributed by atoms with Crippen molar-refractivity contribution in [2.75, 3.05) is 0 Å². The van der Waals surface area contributed by atoms with Gasteiger partial charge in [0.15, 0.2) is 0 Å². The van der Waals surface area contributed by atoms with Gasteiger partial charge in [0.25, 0.3) is 0 Å². The Balaban J connectivity index is 2.82. The van der Waals surface area contributed by atoms with Crippen molar-refractivity contribution in [3.63, 3.8) is 0 Å². The minimum Gasteiger partial charge on any atom is -0.112 e. The predicted octanol–water partition coefficient (Wildman–Crippen LogP) is 4.24. The maximum Gasteiger partial charge on any atom is 0.0901 e. The van der Waals surface area contributed by atoms with Crippen LogP contribution in [0.15, 0.2) is 22.3 Å². The van der Waals surface area contributed by atoms with Crippen molar-refractivity contribution in [2.45, 2.75) is 38.5 Å². The number of rotatable bonds is 2. The number of hydrogen-bond donors (Lipinski definition) is 0. The van der Waals surface area contributed by atoms with Crippen molar-refractivity contribution in [2.24, 2.45) is 0 Å². The Morgan fingerprint density at radius 1 is 1.42 bits per heavy atom. The van der Waals surface area contributed by atoms with E-state index < -0.39 is 0 Å². The number of halogens is 2. The van der Waals surface area contributed by atoms with E-state index in [0.717, 1.165) is 24.3 Å². The van der Waals surface area contributed by atoms with E-state index in [4.69, 9.17) is 23.2 Å². The Hall–Kier alpha value is 0.0600. The number of alkyl halides is 1. The fourth-order valence-corrected chi connectivity index (χ4v) is 2.18. The molecule has 0 fully saturated rings. The second-order valence-corrected chi connectivity index (χ2v) is 3.85. The SMILES string of the molecule is CCC1=CCC(CC)=C(Cl)C1Cl. The van der Waals surface area contributed by atoms with Gasteiger partial charge in [-0.05, 0) is 19.3 Å². The van der Waals surface area contributed by atoms with Crippen molar-refractivity contribution in [3.8, 4) is 0 Å². The predicted molar refractivity (Wildman–Crippen MR) is 55.8 cm³/mol. The Bertz CT molecular complexity index is 226. The topological polar surface area (TPSA) is 0 Å². The van der Waals surface area contributed by atoms with Crippen LogP contribution >= 0.6 is 23.2 Å². The van der Waals surface area contributed by atoms with E-state index in [9.17, 15) is 0 Å². The van der Waals surface area contributed by atoms with Crippen LogP contribution in [0.5, 0.6) is 0 Å². The highest BCUT2D eigenvalue weighted by Gasteiger charge is 2.20. The van der Waals surface area contributed by atoms with Gasteiger partial charge in [-0.15, -0.1) is 11.6 Å². The van der Waals surface area contributed by atoms with Crippen LogP contribution in [0.1, 0.15) is 33.1 Å². The Labute approximate surface area is 84.2 Å². The van der Waals surface area contributed by atoms with Crippen molar-refractivity contribution >= 4 is 23.2 Å². The summed E-state index contributed by atoms with van der Waals surface area (Å²) in [6, 6.07) is 0. The summed E-state index contributed by atoms with van der Waals surface area (Å²) in [5.74, 6) is 0. The van der Waals surface area contributed by atoms with Gasteiger partial charge in [0, 0.05) is 5.03 Å². The summed E-state index contributed by atoms with van der Waals surface area (Å²) < 4.78 is 0. The van der Waals surface area contributed by atoms with Gasteiger partial charge < -0.3 is 0 Å². The fourth-order valence-electron chi connectivity index (χ4n) is 1.43. The van der Waals surface area contributed by atoms with Crippen LogP contribution < -0.4 is 0 Å². The molecule has 0 bridgehead atoms. The summed E-state index contributed by atoms with van der Waals surface area (Å²) in [5, 5.41) is 0.805. The van der Waals surface area contributed by atoms with E-state index in [1.54, 1.807) is 0 Å². The number of allylic oxidation sites excluding steroid dienone is 4. The lowest BCUT2D eigenvalue weighted by atomic mass is 9.96. The van der Waals surface area contributed by atoms with Crippen LogP contribution in [0.2, 0.25) is 0 Å². The van der Waals surface area contributed by atoms with Gasteiger partial charge in [-0.25, -0.2) is 0 Å². The Morgan fingerprint density at radius 3 is 2.58 bits per heavy atom. The van der Waals surface area contributed by atoms with Crippen LogP contribution in [0.4, 0.5) is 0 Å². The molecule has 0 amide bonds. The van der Waals surface area contributed by atoms with E-state index in [1.165, 1.54) is 11.1 Å². The van der Waals surface area contributed by atoms with Crippen LogP contribution in [0.3, 0.4) is 0 Å². The monoisotopic (exact) mass is 204 g/mol.